The number of fused-ring (bicyclic) bond motifs is 1. The molecule has 0 saturated heterocycles. The van der Waals surface area contributed by atoms with E-state index in [9.17, 15) is 9.59 Å². The first-order valence-electron chi connectivity index (χ1n) is 7.33. The van der Waals surface area contributed by atoms with Crippen LogP contribution in [0.2, 0.25) is 0 Å². The van der Waals surface area contributed by atoms with Gasteiger partial charge < -0.3 is 4.74 Å². The smallest absolute Gasteiger partial charge is 0.304 e. The molecule has 5 heteroatoms. The molecule has 118 valence electrons. The number of ketones is 1. The third-order valence-electron chi connectivity index (χ3n) is 3.83. The molecule has 0 aliphatic heterocycles. The van der Waals surface area contributed by atoms with Gasteiger partial charge in [-0.2, -0.15) is 0 Å². The van der Waals surface area contributed by atoms with Gasteiger partial charge in [-0.1, -0.05) is 30.0 Å². The Bertz CT molecular complexity index is 760. The Labute approximate surface area is 139 Å². The third kappa shape index (κ3) is 3.02. The van der Waals surface area contributed by atoms with Crippen LogP contribution >= 0.6 is 11.8 Å². The molecule has 1 unspecified atom stereocenters. The molecule has 0 aromatic heterocycles. The van der Waals surface area contributed by atoms with Gasteiger partial charge >= 0.3 is 5.97 Å². The summed E-state index contributed by atoms with van der Waals surface area (Å²) in [5, 5.41) is 2.88. The minimum atomic E-state index is -1.27. The van der Waals surface area contributed by atoms with Crippen LogP contribution in [0.3, 0.4) is 0 Å². The highest BCUT2D eigenvalue weighted by Crippen LogP contribution is 2.35. The summed E-state index contributed by atoms with van der Waals surface area (Å²) in [5.41, 5.74) is 0.231. The Balaban J connectivity index is 1.89. The lowest BCUT2D eigenvalue weighted by Gasteiger charge is -2.25. The van der Waals surface area contributed by atoms with Crippen molar-refractivity contribution in [2.75, 3.05) is 7.05 Å². The van der Waals surface area contributed by atoms with Crippen LogP contribution in [0.1, 0.15) is 22.8 Å². The highest BCUT2D eigenvalue weighted by atomic mass is 32.2. The molecule has 0 saturated carbocycles. The zero-order valence-electron chi connectivity index (χ0n) is 13.0. The van der Waals surface area contributed by atoms with Gasteiger partial charge in [0, 0.05) is 28.7 Å². The lowest BCUT2D eigenvalue weighted by molar-refractivity contribution is -0.154. The van der Waals surface area contributed by atoms with Crippen LogP contribution < -0.4 is 5.32 Å². The standard InChI is InChI=1S/C18H17NO3S/c1-12(20)22-18(19-2)11-13-10-15(8-9-16(13)17(18)21)23-14-6-4-3-5-7-14/h3-10,19H,11H2,1-2H3. The summed E-state index contributed by atoms with van der Waals surface area (Å²) in [5.74, 6) is -0.666. The SMILES string of the molecule is CNC1(OC(C)=O)Cc2cc(Sc3ccccc3)ccc2C1=O. The van der Waals surface area contributed by atoms with E-state index in [2.05, 4.69) is 5.32 Å². The fraction of sp³-hybridized carbons (Fsp3) is 0.222. The first kappa shape index (κ1) is 15.8. The van der Waals surface area contributed by atoms with Gasteiger partial charge in [0.2, 0.25) is 11.5 Å². The number of likely N-dealkylation sites (N-methyl/N-ethyl adjacent to an activating group) is 1. The molecule has 1 N–H and O–H groups in total. The lowest BCUT2D eigenvalue weighted by atomic mass is 10.1. The third-order valence-corrected chi connectivity index (χ3v) is 4.83. The summed E-state index contributed by atoms with van der Waals surface area (Å²) in [7, 11) is 1.63. The number of carbonyl (C=O) groups is 2. The molecule has 4 nitrogen and oxygen atoms in total. The number of ether oxygens (including phenoxy) is 1. The molecule has 0 spiro atoms. The normalized spacial score (nSPS) is 19.5. The molecule has 1 aliphatic rings. The van der Waals surface area contributed by atoms with Crippen molar-refractivity contribution in [3.63, 3.8) is 0 Å². The second kappa shape index (κ2) is 6.18. The Kier molecular flexibility index (Phi) is 4.24. The summed E-state index contributed by atoms with van der Waals surface area (Å²) in [4.78, 5) is 26.1. The lowest BCUT2D eigenvalue weighted by Crippen LogP contribution is -2.52. The van der Waals surface area contributed by atoms with Gasteiger partial charge in [-0.05, 0) is 42.9 Å². The molecule has 2 aromatic rings. The van der Waals surface area contributed by atoms with Gasteiger partial charge in [0.05, 0.1) is 0 Å². The fourth-order valence-electron chi connectivity index (χ4n) is 2.77. The Morgan fingerprint density at radius 3 is 2.57 bits per heavy atom. The van der Waals surface area contributed by atoms with Gasteiger partial charge in [0.1, 0.15) is 0 Å². The molecular weight excluding hydrogens is 310 g/mol. The predicted molar refractivity (Wildman–Crippen MR) is 88.6 cm³/mol. The van der Waals surface area contributed by atoms with E-state index in [4.69, 9.17) is 4.74 Å². The van der Waals surface area contributed by atoms with E-state index < -0.39 is 11.7 Å². The van der Waals surface area contributed by atoms with Gasteiger partial charge in [-0.25, -0.2) is 0 Å². The van der Waals surface area contributed by atoms with Crippen LogP contribution in [0.5, 0.6) is 0 Å². The molecule has 3 rings (SSSR count). The quantitative estimate of drug-likeness (QED) is 0.691. The van der Waals surface area contributed by atoms with Crippen molar-refractivity contribution < 1.29 is 14.3 Å². The predicted octanol–water partition coefficient (Wildman–Crippen LogP) is 3.06. The molecule has 0 amide bonds. The summed E-state index contributed by atoms with van der Waals surface area (Å²) in [6.45, 7) is 1.31. The second-order valence-electron chi connectivity index (χ2n) is 5.41. The topological polar surface area (TPSA) is 55.4 Å². The highest BCUT2D eigenvalue weighted by molar-refractivity contribution is 7.99. The molecule has 23 heavy (non-hydrogen) atoms. The average molecular weight is 327 g/mol. The van der Waals surface area contributed by atoms with E-state index in [1.807, 2.05) is 48.5 Å². The number of nitrogens with one attached hydrogen (secondary N) is 1. The van der Waals surface area contributed by atoms with E-state index in [1.54, 1.807) is 18.8 Å². The van der Waals surface area contributed by atoms with Gasteiger partial charge in [0.15, 0.2) is 0 Å². The van der Waals surface area contributed by atoms with Crippen LogP contribution in [0.25, 0.3) is 0 Å². The molecule has 2 aromatic carbocycles. The Hall–Kier alpha value is -2.11. The summed E-state index contributed by atoms with van der Waals surface area (Å²) < 4.78 is 5.29. The van der Waals surface area contributed by atoms with Crippen LogP contribution in [0, 0.1) is 0 Å². The van der Waals surface area contributed by atoms with Crippen molar-refractivity contribution in [1.82, 2.24) is 5.32 Å². The van der Waals surface area contributed by atoms with E-state index in [-0.39, 0.29) is 5.78 Å². The van der Waals surface area contributed by atoms with E-state index in [0.29, 0.717) is 12.0 Å². The summed E-state index contributed by atoms with van der Waals surface area (Å²) in [6.07, 6.45) is 0.348. The van der Waals surface area contributed by atoms with Crippen LogP contribution in [-0.2, 0) is 16.0 Å². The van der Waals surface area contributed by atoms with Crippen molar-refractivity contribution in [2.24, 2.45) is 0 Å². The van der Waals surface area contributed by atoms with Crippen molar-refractivity contribution in [2.45, 2.75) is 28.9 Å². The number of hydrogen-bond donors (Lipinski definition) is 1. The summed E-state index contributed by atoms with van der Waals surface area (Å²) in [6, 6.07) is 15.8. The maximum atomic E-state index is 12.6. The van der Waals surface area contributed by atoms with E-state index in [0.717, 1.165) is 15.4 Å². The van der Waals surface area contributed by atoms with Gasteiger partial charge in [-0.15, -0.1) is 0 Å². The zero-order valence-corrected chi connectivity index (χ0v) is 13.8. The maximum Gasteiger partial charge on any atom is 0.304 e. The molecule has 0 bridgehead atoms. The minimum Gasteiger partial charge on any atom is -0.436 e. The largest absolute Gasteiger partial charge is 0.436 e. The molecular formula is C18H17NO3S. The van der Waals surface area contributed by atoms with Crippen LogP contribution in [0.15, 0.2) is 58.3 Å². The summed E-state index contributed by atoms with van der Waals surface area (Å²) >= 11 is 1.64. The highest BCUT2D eigenvalue weighted by Gasteiger charge is 2.47. The molecule has 1 aliphatic carbocycles. The molecule has 0 fully saturated rings. The first-order valence-corrected chi connectivity index (χ1v) is 8.15. The average Bonchev–Trinajstić information content (AvgIpc) is 2.80. The number of rotatable bonds is 4. The van der Waals surface area contributed by atoms with Crippen molar-refractivity contribution in [3.05, 3.63) is 59.7 Å². The Morgan fingerprint density at radius 1 is 1.17 bits per heavy atom. The Morgan fingerprint density at radius 2 is 1.91 bits per heavy atom. The second-order valence-corrected chi connectivity index (χ2v) is 6.56. The number of hydrogen-bond acceptors (Lipinski definition) is 5. The monoisotopic (exact) mass is 327 g/mol. The van der Waals surface area contributed by atoms with E-state index in [1.165, 1.54) is 6.92 Å². The fourth-order valence-corrected chi connectivity index (χ4v) is 3.68. The minimum absolute atomic E-state index is 0.193. The van der Waals surface area contributed by atoms with Gasteiger partial charge in [0.25, 0.3) is 0 Å². The number of carbonyl (C=O) groups excluding carboxylic acids is 2. The van der Waals surface area contributed by atoms with Gasteiger partial charge in [-0.3, -0.25) is 14.9 Å². The number of Topliss-reactive ketones (excluding diaryl/α,β-unsaturated/α-hetero) is 1. The first-order chi connectivity index (χ1) is 11.0. The van der Waals surface area contributed by atoms with Crippen molar-refractivity contribution in [3.8, 4) is 0 Å². The van der Waals surface area contributed by atoms with Crippen LogP contribution in [0.4, 0.5) is 0 Å². The van der Waals surface area contributed by atoms with E-state index >= 15 is 0 Å². The van der Waals surface area contributed by atoms with Crippen molar-refractivity contribution >= 4 is 23.5 Å². The zero-order chi connectivity index (χ0) is 16.4. The molecule has 1 atom stereocenters. The molecule has 0 radical (unpaired) electrons. The van der Waals surface area contributed by atoms with Crippen LogP contribution in [-0.4, -0.2) is 24.5 Å². The number of benzene rings is 2. The van der Waals surface area contributed by atoms with Crippen molar-refractivity contribution in [1.29, 1.82) is 0 Å². The molecule has 0 heterocycles. The maximum absolute atomic E-state index is 12.6. The number of esters is 1.